The van der Waals surface area contributed by atoms with Crippen LogP contribution in [0.2, 0.25) is 0 Å². The highest BCUT2D eigenvalue weighted by atomic mass is 16.5. The average Bonchev–Trinajstić information content (AvgIpc) is 2.13. The van der Waals surface area contributed by atoms with Crippen molar-refractivity contribution < 1.29 is 4.74 Å². The summed E-state index contributed by atoms with van der Waals surface area (Å²) in [5.41, 5.74) is 0. The molecule has 3 heteroatoms. The Morgan fingerprint density at radius 1 is 1.20 bits per heavy atom. The summed E-state index contributed by atoms with van der Waals surface area (Å²) < 4.78 is 5.69. The Labute approximate surface area is 95.2 Å². The summed E-state index contributed by atoms with van der Waals surface area (Å²) in [6.07, 6.45) is 1.46. The van der Waals surface area contributed by atoms with Gasteiger partial charge in [0.05, 0.1) is 6.10 Å². The van der Waals surface area contributed by atoms with Crippen LogP contribution < -0.4 is 5.32 Å². The molecule has 0 fully saturated rings. The van der Waals surface area contributed by atoms with E-state index in [4.69, 9.17) is 4.74 Å². The normalized spacial score (nSPS) is 13.8. The van der Waals surface area contributed by atoms with E-state index in [1.165, 1.54) is 0 Å². The van der Waals surface area contributed by atoms with Crippen molar-refractivity contribution in [2.45, 2.75) is 33.3 Å². The minimum Gasteiger partial charge on any atom is -0.377 e. The highest BCUT2D eigenvalue weighted by molar-refractivity contribution is 4.64. The standard InChI is InChI=1S/C12H28N2O/c1-6-15-12(7-8-14(4)5)10-13-9-11(2)3/h11-13H,6-10H2,1-5H3. The monoisotopic (exact) mass is 216 g/mol. The molecule has 0 aromatic heterocycles. The molecule has 0 rings (SSSR count). The van der Waals surface area contributed by atoms with Crippen LogP contribution >= 0.6 is 0 Å². The van der Waals surface area contributed by atoms with Gasteiger partial charge in [-0.25, -0.2) is 0 Å². The number of rotatable bonds is 9. The second-order valence-electron chi connectivity index (χ2n) is 4.72. The maximum absolute atomic E-state index is 5.69. The van der Waals surface area contributed by atoms with Crippen LogP contribution in [0.4, 0.5) is 0 Å². The Morgan fingerprint density at radius 2 is 1.87 bits per heavy atom. The van der Waals surface area contributed by atoms with Crippen molar-refractivity contribution in [3.8, 4) is 0 Å². The molecular formula is C12H28N2O. The molecule has 1 N–H and O–H groups in total. The van der Waals surface area contributed by atoms with Gasteiger partial charge in [-0.3, -0.25) is 0 Å². The van der Waals surface area contributed by atoms with Crippen LogP contribution in [-0.4, -0.2) is 51.3 Å². The van der Waals surface area contributed by atoms with Crippen LogP contribution in [0.25, 0.3) is 0 Å². The van der Waals surface area contributed by atoms with Gasteiger partial charge in [0.25, 0.3) is 0 Å². The average molecular weight is 216 g/mol. The minimum atomic E-state index is 0.358. The van der Waals surface area contributed by atoms with Gasteiger partial charge in [-0.05, 0) is 39.9 Å². The fourth-order valence-corrected chi connectivity index (χ4v) is 1.42. The van der Waals surface area contributed by atoms with E-state index < -0.39 is 0 Å². The fourth-order valence-electron chi connectivity index (χ4n) is 1.42. The molecule has 0 bridgehead atoms. The predicted octanol–water partition coefficient (Wildman–Crippen LogP) is 1.59. The molecule has 0 aromatic carbocycles. The number of nitrogens with one attached hydrogen (secondary N) is 1. The topological polar surface area (TPSA) is 24.5 Å². The Bertz CT molecular complexity index is 138. The molecule has 15 heavy (non-hydrogen) atoms. The molecule has 0 aliphatic carbocycles. The van der Waals surface area contributed by atoms with Crippen LogP contribution in [0, 0.1) is 5.92 Å². The molecule has 0 aliphatic heterocycles. The molecule has 0 radical (unpaired) electrons. The summed E-state index contributed by atoms with van der Waals surface area (Å²) >= 11 is 0. The highest BCUT2D eigenvalue weighted by Gasteiger charge is 2.08. The zero-order chi connectivity index (χ0) is 11.7. The van der Waals surface area contributed by atoms with E-state index in [0.717, 1.165) is 32.7 Å². The number of hydrogen-bond acceptors (Lipinski definition) is 3. The zero-order valence-corrected chi connectivity index (χ0v) is 11.0. The Kier molecular flexibility index (Phi) is 9.06. The Hall–Kier alpha value is -0.120. The first-order chi connectivity index (χ1) is 7.06. The molecule has 0 aromatic rings. The molecule has 1 unspecified atom stereocenters. The molecule has 3 nitrogen and oxygen atoms in total. The predicted molar refractivity (Wildman–Crippen MR) is 66.3 cm³/mol. The quantitative estimate of drug-likeness (QED) is 0.633. The van der Waals surface area contributed by atoms with Gasteiger partial charge in [0.1, 0.15) is 0 Å². The van der Waals surface area contributed by atoms with Gasteiger partial charge in [0, 0.05) is 19.7 Å². The lowest BCUT2D eigenvalue weighted by Crippen LogP contribution is -2.33. The highest BCUT2D eigenvalue weighted by Crippen LogP contribution is 1.99. The number of nitrogens with zero attached hydrogens (tertiary/aromatic N) is 1. The molecule has 0 heterocycles. The van der Waals surface area contributed by atoms with Crippen molar-refractivity contribution in [2.24, 2.45) is 5.92 Å². The maximum Gasteiger partial charge on any atom is 0.0711 e. The van der Waals surface area contributed by atoms with Crippen molar-refractivity contribution in [2.75, 3.05) is 40.3 Å². The largest absolute Gasteiger partial charge is 0.377 e. The van der Waals surface area contributed by atoms with E-state index in [1.54, 1.807) is 0 Å². The van der Waals surface area contributed by atoms with Gasteiger partial charge in [0.2, 0.25) is 0 Å². The molecular weight excluding hydrogens is 188 g/mol. The lowest BCUT2D eigenvalue weighted by molar-refractivity contribution is 0.0515. The summed E-state index contributed by atoms with van der Waals surface area (Å²) in [6.45, 7) is 10.5. The summed E-state index contributed by atoms with van der Waals surface area (Å²) in [6, 6.07) is 0. The van der Waals surface area contributed by atoms with E-state index in [9.17, 15) is 0 Å². The van der Waals surface area contributed by atoms with Crippen LogP contribution in [0.3, 0.4) is 0 Å². The molecule has 0 saturated heterocycles. The molecule has 0 amide bonds. The molecule has 1 atom stereocenters. The van der Waals surface area contributed by atoms with Gasteiger partial charge < -0.3 is 15.0 Å². The van der Waals surface area contributed by atoms with Crippen molar-refractivity contribution in [3.05, 3.63) is 0 Å². The second kappa shape index (κ2) is 9.13. The Morgan fingerprint density at radius 3 is 2.33 bits per heavy atom. The molecule has 0 saturated carbocycles. The summed E-state index contributed by atoms with van der Waals surface area (Å²) in [5, 5.41) is 3.45. The van der Waals surface area contributed by atoms with Crippen molar-refractivity contribution >= 4 is 0 Å². The van der Waals surface area contributed by atoms with Gasteiger partial charge in [-0.15, -0.1) is 0 Å². The van der Waals surface area contributed by atoms with Crippen LogP contribution in [0.5, 0.6) is 0 Å². The SMILES string of the molecule is CCOC(CCN(C)C)CNCC(C)C. The van der Waals surface area contributed by atoms with Crippen molar-refractivity contribution in [3.63, 3.8) is 0 Å². The number of ether oxygens (including phenoxy) is 1. The third-order valence-electron chi connectivity index (χ3n) is 2.23. The first-order valence-corrected chi connectivity index (χ1v) is 6.03. The maximum atomic E-state index is 5.69. The van der Waals surface area contributed by atoms with Crippen molar-refractivity contribution in [1.29, 1.82) is 0 Å². The third kappa shape index (κ3) is 10.2. The van der Waals surface area contributed by atoms with E-state index in [1.807, 2.05) is 0 Å². The van der Waals surface area contributed by atoms with Gasteiger partial charge in [-0.1, -0.05) is 13.8 Å². The fraction of sp³-hybridized carbons (Fsp3) is 1.00. The van der Waals surface area contributed by atoms with E-state index in [-0.39, 0.29) is 0 Å². The van der Waals surface area contributed by atoms with Crippen molar-refractivity contribution in [1.82, 2.24) is 10.2 Å². The Balaban J connectivity index is 3.62. The van der Waals surface area contributed by atoms with Gasteiger partial charge >= 0.3 is 0 Å². The first kappa shape index (κ1) is 14.9. The smallest absolute Gasteiger partial charge is 0.0711 e. The lowest BCUT2D eigenvalue weighted by Gasteiger charge is -2.20. The lowest BCUT2D eigenvalue weighted by atomic mass is 10.2. The van der Waals surface area contributed by atoms with Crippen LogP contribution in [0.1, 0.15) is 27.2 Å². The van der Waals surface area contributed by atoms with E-state index in [0.29, 0.717) is 12.0 Å². The van der Waals surface area contributed by atoms with Crippen LogP contribution in [0.15, 0.2) is 0 Å². The van der Waals surface area contributed by atoms with Gasteiger partial charge in [-0.2, -0.15) is 0 Å². The minimum absolute atomic E-state index is 0.358. The summed E-state index contributed by atoms with van der Waals surface area (Å²) in [5.74, 6) is 0.709. The summed E-state index contributed by atoms with van der Waals surface area (Å²) in [7, 11) is 4.20. The van der Waals surface area contributed by atoms with E-state index >= 15 is 0 Å². The summed E-state index contributed by atoms with van der Waals surface area (Å²) in [4.78, 5) is 2.20. The van der Waals surface area contributed by atoms with Gasteiger partial charge in [0.15, 0.2) is 0 Å². The third-order valence-corrected chi connectivity index (χ3v) is 2.23. The second-order valence-corrected chi connectivity index (χ2v) is 4.72. The molecule has 0 spiro atoms. The first-order valence-electron chi connectivity index (χ1n) is 6.03. The number of hydrogen-bond donors (Lipinski definition) is 1. The molecule has 92 valence electrons. The van der Waals surface area contributed by atoms with E-state index in [2.05, 4.69) is 45.1 Å². The zero-order valence-electron chi connectivity index (χ0n) is 11.0. The van der Waals surface area contributed by atoms with Crippen LogP contribution in [-0.2, 0) is 4.74 Å². The molecule has 0 aliphatic rings.